The quantitative estimate of drug-likeness (QED) is 0.127. The highest BCUT2D eigenvalue weighted by molar-refractivity contribution is 7.76. The molecule has 2 aliphatic heterocycles. The van der Waals surface area contributed by atoms with E-state index in [4.69, 9.17) is 4.65 Å². The third kappa shape index (κ3) is 4.68. The predicted molar refractivity (Wildman–Crippen MR) is 194 cm³/mol. The molecule has 2 fully saturated rings. The van der Waals surface area contributed by atoms with Crippen molar-refractivity contribution < 1.29 is 9.05 Å². The Hall–Kier alpha value is -4.01. The van der Waals surface area contributed by atoms with E-state index in [1.54, 1.807) is 5.31 Å². The molecule has 0 radical (unpaired) electrons. The van der Waals surface area contributed by atoms with Crippen LogP contribution in [0.25, 0.3) is 0 Å². The van der Waals surface area contributed by atoms with Crippen LogP contribution in [0.15, 0.2) is 175 Å². The fourth-order valence-corrected chi connectivity index (χ4v) is 11.5. The van der Waals surface area contributed by atoms with E-state index in [-0.39, 0.29) is 13.1 Å². The molecule has 0 aromatic heterocycles. The summed E-state index contributed by atoms with van der Waals surface area (Å²) in [7, 11) is -0.776. The predicted octanol–water partition coefficient (Wildman–Crippen LogP) is 7.93. The van der Waals surface area contributed by atoms with E-state index in [1.807, 2.05) is 0 Å². The van der Waals surface area contributed by atoms with Gasteiger partial charge in [0.15, 0.2) is 5.60 Å². The Bertz CT molecular complexity index is 1750. The van der Waals surface area contributed by atoms with Crippen LogP contribution in [0, 0.1) is 5.92 Å². The summed E-state index contributed by atoms with van der Waals surface area (Å²) in [6.07, 6.45) is 9.57. The highest BCUT2D eigenvalue weighted by Gasteiger charge is 2.73. The molecule has 4 atom stereocenters. The fourth-order valence-electron chi connectivity index (χ4n) is 8.87. The number of quaternary nitrogens is 1. The van der Waals surface area contributed by atoms with Gasteiger partial charge < -0.3 is 9.05 Å². The molecule has 0 spiro atoms. The van der Waals surface area contributed by atoms with E-state index in [9.17, 15) is 0 Å². The van der Waals surface area contributed by atoms with Crippen molar-refractivity contribution in [1.29, 1.82) is 0 Å². The van der Waals surface area contributed by atoms with Crippen LogP contribution in [0.2, 0.25) is 0 Å². The molecule has 0 bridgehead atoms. The topological polar surface area (TPSA) is 9.23 Å². The highest BCUT2D eigenvalue weighted by Crippen LogP contribution is 2.58. The Morgan fingerprint density at radius 2 is 1.20 bits per heavy atom. The van der Waals surface area contributed by atoms with Crippen molar-refractivity contribution >= 4 is 31.0 Å². The SMILES string of the molecule is C[C@H]([C@@H]1C=CC=C1P(c1ccccc1)c1ccccc1)[N+]12CCC[C@H]1C(c1ccccc1)(c1ccccc1)OB2c1ccccc1. The van der Waals surface area contributed by atoms with E-state index in [0.29, 0.717) is 12.0 Å². The summed E-state index contributed by atoms with van der Waals surface area (Å²) in [6, 6.07) is 56.2. The molecule has 2 nitrogen and oxygen atoms in total. The molecule has 2 heterocycles. The van der Waals surface area contributed by atoms with Crippen molar-refractivity contribution in [2.24, 2.45) is 5.92 Å². The highest BCUT2D eigenvalue weighted by atomic mass is 31.1. The lowest BCUT2D eigenvalue weighted by Gasteiger charge is -2.48. The van der Waals surface area contributed by atoms with E-state index < -0.39 is 13.5 Å². The number of rotatable bonds is 8. The Morgan fingerprint density at radius 1 is 0.696 bits per heavy atom. The van der Waals surface area contributed by atoms with Gasteiger partial charge in [-0.2, -0.15) is 0 Å². The van der Waals surface area contributed by atoms with Crippen LogP contribution < -0.4 is 16.1 Å². The molecule has 5 aromatic rings. The van der Waals surface area contributed by atoms with Gasteiger partial charge in [0.1, 0.15) is 6.04 Å². The number of allylic oxidation sites excluding steroid dienone is 2. The normalized spacial score (nSPS) is 23.8. The van der Waals surface area contributed by atoms with Gasteiger partial charge in [0.2, 0.25) is 0 Å². The standard InChI is InChI=1S/C42H40BNOP/c1-33(39-29-17-30-40(39)46(37-25-13-5-14-26-37)38-27-15-6-16-28-38)44-32-18-31-41(44)42(34-19-7-2-8-20-34,35-21-9-3-10-22-35)45-43(44)36-23-11-4-12-24-36/h2-17,19-30,33,39,41H,18,31-32H2,1H3/q+1/t33-,39+,41+,44?/m1/s1. The molecule has 226 valence electrons. The van der Waals surface area contributed by atoms with Crippen molar-refractivity contribution in [3.8, 4) is 0 Å². The molecule has 0 amide bonds. The maximum atomic E-state index is 7.76. The zero-order chi connectivity index (χ0) is 31.0. The molecule has 2 saturated heterocycles. The first kappa shape index (κ1) is 29.4. The van der Waals surface area contributed by atoms with Crippen molar-refractivity contribution in [2.75, 3.05) is 6.54 Å². The summed E-state index contributed by atoms with van der Waals surface area (Å²) < 4.78 is 8.68. The van der Waals surface area contributed by atoms with Crippen LogP contribution in [0.5, 0.6) is 0 Å². The minimum Gasteiger partial charge on any atom is -0.357 e. The molecule has 1 aliphatic carbocycles. The van der Waals surface area contributed by atoms with Crippen LogP contribution in [0.3, 0.4) is 0 Å². The van der Waals surface area contributed by atoms with Crippen LogP contribution in [0.1, 0.15) is 30.9 Å². The van der Waals surface area contributed by atoms with Gasteiger partial charge in [0.05, 0.1) is 18.5 Å². The summed E-state index contributed by atoms with van der Waals surface area (Å²) >= 11 is 0. The maximum absolute atomic E-state index is 7.76. The van der Waals surface area contributed by atoms with Gasteiger partial charge in [-0.1, -0.05) is 170 Å². The van der Waals surface area contributed by atoms with Crippen LogP contribution in [-0.2, 0) is 10.3 Å². The summed E-state index contributed by atoms with van der Waals surface area (Å²) in [5, 5.41) is 4.37. The zero-order valence-electron chi connectivity index (χ0n) is 26.4. The lowest BCUT2D eigenvalue weighted by Crippen LogP contribution is -2.68. The second-order valence-electron chi connectivity index (χ2n) is 13.0. The first-order chi connectivity index (χ1) is 22.7. The Morgan fingerprint density at radius 3 is 1.74 bits per heavy atom. The van der Waals surface area contributed by atoms with Crippen LogP contribution in [0.4, 0.5) is 0 Å². The largest absolute Gasteiger partial charge is 0.612 e. The molecule has 0 saturated carbocycles. The van der Waals surface area contributed by atoms with Crippen LogP contribution >= 0.6 is 7.92 Å². The number of benzene rings is 5. The molecule has 8 rings (SSSR count). The molecule has 4 heteroatoms. The lowest BCUT2D eigenvalue weighted by atomic mass is 9.66. The van der Waals surface area contributed by atoms with Gasteiger partial charge >= 0.3 is 7.05 Å². The van der Waals surface area contributed by atoms with E-state index in [2.05, 4.69) is 177 Å². The van der Waals surface area contributed by atoms with Crippen LogP contribution in [-0.4, -0.2) is 30.1 Å². The van der Waals surface area contributed by atoms with Crippen molar-refractivity contribution in [3.05, 3.63) is 186 Å². The summed E-state index contributed by atoms with van der Waals surface area (Å²) in [6.45, 7) is 3.63. The molecule has 5 aromatic carbocycles. The fraction of sp³-hybridized carbons (Fsp3) is 0.190. The van der Waals surface area contributed by atoms with Gasteiger partial charge in [-0.15, -0.1) is 0 Å². The maximum Gasteiger partial charge on any atom is 0.612 e. The third-order valence-corrected chi connectivity index (χ3v) is 13.4. The lowest BCUT2D eigenvalue weighted by molar-refractivity contribution is -0.862. The molecular formula is C42H40BNOP+. The zero-order valence-corrected chi connectivity index (χ0v) is 27.3. The number of fused-ring (bicyclic) bond motifs is 1. The second kappa shape index (κ2) is 12.3. The van der Waals surface area contributed by atoms with Crippen molar-refractivity contribution in [3.63, 3.8) is 0 Å². The number of hydrogen-bond acceptors (Lipinski definition) is 1. The van der Waals surface area contributed by atoms with Crippen molar-refractivity contribution in [2.45, 2.75) is 37.5 Å². The van der Waals surface area contributed by atoms with E-state index in [0.717, 1.165) is 17.4 Å². The first-order valence-electron chi connectivity index (χ1n) is 16.7. The van der Waals surface area contributed by atoms with Gasteiger partial charge in [-0.05, 0) is 41.9 Å². The van der Waals surface area contributed by atoms with Crippen molar-refractivity contribution in [1.82, 2.24) is 0 Å². The minimum absolute atomic E-state index is 0.0842. The van der Waals surface area contributed by atoms with Gasteiger partial charge in [0, 0.05) is 18.3 Å². The van der Waals surface area contributed by atoms with Gasteiger partial charge in [0.25, 0.3) is 0 Å². The summed E-state index contributed by atoms with van der Waals surface area (Å²) in [4.78, 5) is 0. The first-order valence-corrected chi connectivity index (χ1v) is 18.1. The van der Waals surface area contributed by atoms with Gasteiger partial charge in [-0.3, -0.25) is 0 Å². The summed E-state index contributed by atoms with van der Waals surface area (Å²) in [5.41, 5.74) is 3.24. The molecule has 3 aliphatic rings. The Kier molecular flexibility index (Phi) is 7.87. The average molecular weight is 617 g/mol. The minimum atomic E-state index is -0.692. The second-order valence-corrected chi connectivity index (χ2v) is 15.2. The summed E-state index contributed by atoms with van der Waals surface area (Å²) in [5.74, 6) is 0.296. The molecular weight excluding hydrogens is 576 g/mol. The number of hydrogen-bond donors (Lipinski definition) is 0. The number of nitrogens with zero attached hydrogens (tertiary/aromatic N) is 1. The Balaban J connectivity index is 1.30. The van der Waals surface area contributed by atoms with E-state index in [1.165, 1.54) is 33.6 Å². The third-order valence-electron chi connectivity index (χ3n) is 10.8. The van der Waals surface area contributed by atoms with Gasteiger partial charge in [-0.25, -0.2) is 0 Å². The molecule has 0 N–H and O–H groups in total. The smallest absolute Gasteiger partial charge is 0.357 e. The monoisotopic (exact) mass is 616 g/mol. The Labute approximate surface area is 275 Å². The molecule has 46 heavy (non-hydrogen) atoms. The molecule has 1 unspecified atom stereocenters. The van der Waals surface area contributed by atoms with E-state index >= 15 is 0 Å². The average Bonchev–Trinajstić information content (AvgIpc) is 3.86.